The normalized spacial score (nSPS) is 11.8. The maximum atomic E-state index is 12.2. The van der Waals surface area contributed by atoms with E-state index in [0.717, 1.165) is 22.0 Å². The molecule has 1 aromatic carbocycles. The smallest absolute Gasteiger partial charge is 0.419 e. The second kappa shape index (κ2) is 4.16. The van der Waals surface area contributed by atoms with Crippen molar-refractivity contribution < 1.29 is 9.53 Å². The van der Waals surface area contributed by atoms with E-state index in [4.69, 9.17) is 4.74 Å². The number of rotatable bonds is 0. The summed E-state index contributed by atoms with van der Waals surface area (Å²) < 4.78 is 7.03. The van der Waals surface area contributed by atoms with Crippen LogP contribution >= 0.6 is 0 Å². The highest BCUT2D eigenvalue weighted by Crippen LogP contribution is 2.24. The molecule has 0 saturated heterocycles. The minimum Gasteiger partial charge on any atom is -0.443 e. The second-order valence-electron chi connectivity index (χ2n) is 5.63. The zero-order chi connectivity index (χ0) is 13.5. The molecule has 2 rings (SSSR count). The summed E-state index contributed by atoms with van der Waals surface area (Å²) in [4.78, 5) is 12.2. The molecular formula is C15H19NO2. The number of carbonyl (C=O) groups is 1. The minimum absolute atomic E-state index is 0.324. The van der Waals surface area contributed by atoms with Gasteiger partial charge in [-0.1, -0.05) is 18.2 Å². The van der Waals surface area contributed by atoms with Crippen molar-refractivity contribution in [3.63, 3.8) is 0 Å². The molecule has 0 spiro atoms. The lowest BCUT2D eigenvalue weighted by Gasteiger charge is -2.20. The van der Waals surface area contributed by atoms with Crippen LogP contribution in [0.25, 0.3) is 10.9 Å². The van der Waals surface area contributed by atoms with E-state index in [9.17, 15) is 4.79 Å². The Bertz CT molecular complexity index is 603. The third-order valence-electron chi connectivity index (χ3n) is 2.82. The fourth-order valence-electron chi connectivity index (χ4n) is 2.08. The van der Waals surface area contributed by atoms with Crippen molar-refractivity contribution in [1.29, 1.82) is 0 Å². The van der Waals surface area contributed by atoms with Crippen LogP contribution < -0.4 is 0 Å². The standard InChI is InChI=1S/C15H19NO2/c1-10-7-6-8-12-11(2)9-16(13(10)12)14(17)18-15(3,4)5/h6-9H,1-5H3. The van der Waals surface area contributed by atoms with Crippen LogP contribution in [0.5, 0.6) is 0 Å². The Balaban J connectivity index is 2.55. The number of benzene rings is 1. The first-order chi connectivity index (χ1) is 8.29. The van der Waals surface area contributed by atoms with Gasteiger partial charge >= 0.3 is 6.09 Å². The highest BCUT2D eigenvalue weighted by atomic mass is 16.6. The number of aryl methyl sites for hydroxylation is 2. The largest absolute Gasteiger partial charge is 0.443 e. The molecule has 0 radical (unpaired) electrons. The van der Waals surface area contributed by atoms with Gasteiger partial charge in [-0.15, -0.1) is 0 Å². The summed E-state index contributed by atoms with van der Waals surface area (Å²) >= 11 is 0. The molecular weight excluding hydrogens is 226 g/mol. The van der Waals surface area contributed by atoms with E-state index in [1.165, 1.54) is 0 Å². The van der Waals surface area contributed by atoms with Crippen LogP contribution in [0.2, 0.25) is 0 Å². The Morgan fingerprint density at radius 2 is 1.83 bits per heavy atom. The van der Waals surface area contributed by atoms with Gasteiger partial charge < -0.3 is 4.74 Å². The molecule has 3 heteroatoms. The molecule has 0 unspecified atom stereocenters. The van der Waals surface area contributed by atoms with Crippen molar-refractivity contribution in [3.8, 4) is 0 Å². The predicted octanol–water partition coefficient (Wildman–Crippen LogP) is 4.04. The van der Waals surface area contributed by atoms with Crippen molar-refractivity contribution in [2.45, 2.75) is 40.2 Å². The third-order valence-corrected chi connectivity index (χ3v) is 2.82. The van der Waals surface area contributed by atoms with E-state index in [0.29, 0.717) is 0 Å². The van der Waals surface area contributed by atoms with Gasteiger partial charge in [0.05, 0.1) is 5.52 Å². The molecule has 0 amide bonds. The van der Waals surface area contributed by atoms with Gasteiger partial charge in [-0.2, -0.15) is 0 Å². The Morgan fingerprint density at radius 3 is 2.44 bits per heavy atom. The Labute approximate surface area is 107 Å². The average molecular weight is 245 g/mol. The maximum absolute atomic E-state index is 12.2. The number of aromatic nitrogens is 1. The number of nitrogens with zero attached hydrogens (tertiary/aromatic N) is 1. The third kappa shape index (κ3) is 2.26. The summed E-state index contributed by atoms with van der Waals surface area (Å²) in [6.07, 6.45) is 1.51. The van der Waals surface area contributed by atoms with E-state index >= 15 is 0 Å². The zero-order valence-electron chi connectivity index (χ0n) is 11.6. The van der Waals surface area contributed by atoms with E-state index in [-0.39, 0.29) is 6.09 Å². The first-order valence-corrected chi connectivity index (χ1v) is 6.10. The first kappa shape index (κ1) is 12.7. The molecule has 18 heavy (non-hydrogen) atoms. The van der Waals surface area contributed by atoms with Crippen LogP contribution in [0.3, 0.4) is 0 Å². The number of fused-ring (bicyclic) bond motifs is 1. The van der Waals surface area contributed by atoms with Gasteiger partial charge in [-0.25, -0.2) is 4.79 Å². The van der Waals surface area contributed by atoms with Crippen molar-refractivity contribution in [1.82, 2.24) is 4.57 Å². The van der Waals surface area contributed by atoms with Gasteiger partial charge in [0.25, 0.3) is 0 Å². The van der Waals surface area contributed by atoms with E-state index in [1.54, 1.807) is 4.57 Å². The lowest BCUT2D eigenvalue weighted by atomic mass is 10.1. The van der Waals surface area contributed by atoms with Gasteiger partial charge in [0.2, 0.25) is 0 Å². The second-order valence-corrected chi connectivity index (χ2v) is 5.63. The van der Waals surface area contributed by atoms with Crippen LogP contribution in [-0.4, -0.2) is 16.3 Å². The summed E-state index contributed by atoms with van der Waals surface area (Å²) in [5.74, 6) is 0. The van der Waals surface area contributed by atoms with E-state index in [2.05, 4.69) is 0 Å². The molecule has 0 saturated carbocycles. The molecule has 0 aliphatic carbocycles. The van der Waals surface area contributed by atoms with Gasteiger partial charge in [0.1, 0.15) is 5.60 Å². The molecule has 0 bridgehead atoms. The summed E-state index contributed by atoms with van der Waals surface area (Å²) in [5.41, 5.74) is 2.61. The number of hydrogen-bond donors (Lipinski definition) is 0. The molecule has 3 nitrogen and oxygen atoms in total. The molecule has 0 aliphatic rings. The lowest BCUT2D eigenvalue weighted by Crippen LogP contribution is -2.26. The van der Waals surface area contributed by atoms with Crippen LogP contribution in [0.15, 0.2) is 24.4 Å². The molecule has 0 fully saturated rings. The van der Waals surface area contributed by atoms with Crippen molar-refractivity contribution in [2.75, 3.05) is 0 Å². The molecule has 0 aliphatic heterocycles. The van der Waals surface area contributed by atoms with Crippen molar-refractivity contribution >= 4 is 17.0 Å². The molecule has 1 heterocycles. The number of para-hydroxylation sites is 1. The predicted molar refractivity (Wildman–Crippen MR) is 73.0 cm³/mol. The van der Waals surface area contributed by atoms with Gasteiger partial charge in [0, 0.05) is 11.6 Å². The van der Waals surface area contributed by atoms with Gasteiger partial charge in [-0.05, 0) is 45.7 Å². The van der Waals surface area contributed by atoms with Crippen LogP contribution in [0, 0.1) is 13.8 Å². The Kier molecular flexibility index (Phi) is 2.93. The summed E-state index contributed by atoms with van der Waals surface area (Å²) in [7, 11) is 0. The summed E-state index contributed by atoms with van der Waals surface area (Å²) in [6, 6.07) is 6.03. The molecule has 0 atom stereocenters. The van der Waals surface area contributed by atoms with Crippen LogP contribution in [-0.2, 0) is 4.74 Å². The molecule has 96 valence electrons. The Morgan fingerprint density at radius 1 is 1.17 bits per heavy atom. The van der Waals surface area contributed by atoms with Crippen LogP contribution in [0.4, 0.5) is 4.79 Å². The number of ether oxygens (including phenoxy) is 1. The average Bonchev–Trinajstić information content (AvgIpc) is 2.56. The lowest BCUT2D eigenvalue weighted by molar-refractivity contribution is 0.0544. The maximum Gasteiger partial charge on any atom is 0.419 e. The van der Waals surface area contributed by atoms with E-state index < -0.39 is 5.60 Å². The molecule has 1 aromatic heterocycles. The highest BCUT2D eigenvalue weighted by Gasteiger charge is 2.20. The van der Waals surface area contributed by atoms with E-state index in [1.807, 2.05) is 59.0 Å². The molecule has 0 N–H and O–H groups in total. The summed E-state index contributed by atoms with van der Waals surface area (Å²) in [6.45, 7) is 9.62. The topological polar surface area (TPSA) is 31.2 Å². The quantitative estimate of drug-likeness (QED) is 0.701. The first-order valence-electron chi connectivity index (χ1n) is 6.10. The van der Waals surface area contributed by atoms with Crippen LogP contribution in [0.1, 0.15) is 31.9 Å². The van der Waals surface area contributed by atoms with Gasteiger partial charge in [0.15, 0.2) is 0 Å². The monoisotopic (exact) mass is 245 g/mol. The Hall–Kier alpha value is -1.77. The number of hydrogen-bond acceptors (Lipinski definition) is 2. The number of carbonyl (C=O) groups excluding carboxylic acids is 1. The van der Waals surface area contributed by atoms with Crippen molar-refractivity contribution in [2.24, 2.45) is 0 Å². The van der Waals surface area contributed by atoms with Gasteiger partial charge in [-0.3, -0.25) is 4.57 Å². The SMILES string of the molecule is Cc1cn(C(=O)OC(C)(C)C)c2c(C)cccc12. The molecule has 2 aromatic rings. The zero-order valence-corrected chi connectivity index (χ0v) is 11.6. The summed E-state index contributed by atoms with van der Waals surface area (Å²) in [5, 5.41) is 1.10. The fourth-order valence-corrected chi connectivity index (χ4v) is 2.08. The minimum atomic E-state index is -0.482. The fraction of sp³-hybridized carbons (Fsp3) is 0.400. The van der Waals surface area contributed by atoms with Crippen molar-refractivity contribution in [3.05, 3.63) is 35.5 Å². The highest BCUT2D eigenvalue weighted by molar-refractivity contribution is 5.93.